The Morgan fingerprint density at radius 2 is 2.05 bits per heavy atom. The lowest BCUT2D eigenvalue weighted by Crippen LogP contribution is -2.33. The van der Waals surface area contributed by atoms with Gasteiger partial charge < -0.3 is 10.4 Å². The predicted octanol–water partition coefficient (Wildman–Crippen LogP) is 2.28. The van der Waals surface area contributed by atoms with E-state index in [2.05, 4.69) is 5.32 Å². The molecule has 0 aromatic heterocycles. The number of carboxylic acids is 1. The van der Waals surface area contributed by atoms with E-state index in [1.54, 1.807) is 12.1 Å². The average molecular weight is 266 g/mol. The summed E-state index contributed by atoms with van der Waals surface area (Å²) < 4.78 is 0. The van der Waals surface area contributed by atoms with Crippen molar-refractivity contribution in [1.82, 2.24) is 5.32 Å². The third-order valence-electron chi connectivity index (χ3n) is 2.90. The van der Waals surface area contributed by atoms with Crippen LogP contribution in [0.3, 0.4) is 0 Å². The molecule has 0 aliphatic carbocycles. The van der Waals surface area contributed by atoms with Gasteiger partial charge in [0.15, 0.2) is 0 Å². The van der Waals surface area contributed by atoms with Crippen LogP contribution in [0.5, 0.6) is 0 Å². The van der Waals surface area contributed by atoms with Gasteiger partial charge in [0.2, 0.25) is 0 Å². The van der Waals surface area contributed by atoms with Crippen LogP contribution in [0.25, 0.3) is 0 Å². The number of hydrogen-bond donors (Lipinski definition) is 2. The van der Waals surface area contributed by atoms with Gasteiger partial charge in [-0.25, -0.2) is 0 Å². The van der Waals surface area contributed by atoms with Crippen molar-refractivity contribution in [3.8, 4) is 0 Å². The minimum absolute atomic E-state index is 0.0698. The fraction of sp³-hybridized carbons (Fsp3) is 0.462. The average Bonchev–Trinajstić information content (AvgIpc) is 2.35. The van der Waals surface area contributed by atoms with Gasteiger partial charge in [0.25, 0.3) is 5.69 Å². The number of benzene rings is 1. The molecule has 0 aliphatic heterocycles. The molecule has 6 nitrogen and oxygen atoms in total. The van der Waals surface area contributed by atoms with Crippen LogP contribution in [0, 0.1) is 10.1 Å². The highest BCUT2D eigenvalue weighted by molar-refractivity contribution is 5.72. The largest absolute Gasteiger partial charge is 0.480 e. The maximum absolute atomic E-state index is 11.0. The number of nitro groups is 1. The Hall–Kier alpha value is -1.95. The van der Waals surface area contributed by atoms with E-state index in [4.69, 9.17) is 5.11 Å². The summed E-state index contributed by atoms with van der Waals surface area (Å²) in [5.74, 6) is -0.881. The first-order chi connectivity index (χ1) is 8.82. The molecule has 0 saturated heterocycles. The first-order valence-electron chi connectivity index (χ1n) is 6.06. The van der Waals surface area contributed by atoms with Crippen LogP contribution < -0.4 is 5.32 Å². The lowest BCUT2D eigenvalue weighted by atomic mass is 9.99. The number of carboxylic acid groups (broad SMARTS) is 1. The van der Waals surface area contributed by atoms with E-state index in [9.17, 15) is 14.9 Å². The van der Waals surface area contributed by atoms with Gasteiger partial charge in [-0.15, -0.1) is 0 Å². The van der Waals surface area contributed by atoms with Gasteiger partial charge in [-0.05, 0) is 18.4 Å². The Morgan fingerprint density at radius 1 is 1.42 bits per heavy atom. The highest BCUT2D eigenvalue weighted by Crippen LogP contribution is 2.27. The first kappa shape index (κ1) is 15.1. The van der Waals surface area contributed by atoms with Crippen LogP contribution in [-0.2, 0) is 11.3 Å². The van der Waals surface area contributed by atoms with E-state index >= 15 is 0 Å². The highest BCUT2D eigenvalue weighted by atomic mass is 16.6. The fourth-order valence-electron chi connectivity index (χ4n) is 1.70. The quantitative estimate of drug-likeness (QED) is 0.608. The predicted molar refractivity (Wildman–Crippen MR) is 71.1 cm³/mol. The van der Waals surface area contributed by atoms with Crippen molar-refractivity contribution in [2.75, 3.05) is 0 Å². The van der Waals surface area contributed by atoms with Crippen molar-refractivity contribution in [3.05, 3.63) is 39.4 Å². The Bertz CT molecular complexity index is 486. The van der Waals surface area contributed by atoms with E-state index in [1.807, 2.05) is 13.8 Å². The summed E-state index contributed by atoms with van der Waals surface area (Å²) in [7, 11) is 0. The molecule has 0 saturated carbocycles. The molecule has 1 aromatic carbocycles. The third kappa shape index (κ3) is 4.03. The number of carbonyl (C=O) groups is 1. The van der Waals surface area contributed by atoms with E-state index in [-0.39, 0.29) is 18.2 Å². The van der Waals surface area contributed by atoms with Gasteiger partial charge in [-0.2, -0.15) is 0 Å². The summed E-state index contributed by atoms with van der Waals surface area (Å²) in [6, 6.07) is 4.32. The lowest BCUT2D eigenvalue weighted by molar-refractivity contribution is -0.385. The second kappa shape index (κ2) is 6.29. The first-order valence-corrected chi connectivity index (χ1v) is 6.06. The molecule has 6 heteroatoms. The van der Waals surface area contributed by atoms with Crippen LogP contribution in [-0.4, -0.2) is 22.0 Å². The van der Waals surface area contributed by atoms with Gasteiger partial charge in [0.05, 0.1) is 4.92 Å². The minimum atomic E-state index is -0.951. The molecule has 104 valence electrons. The topological polar surface area (TPSA) is 92.5 Å². The molecule has 0 fully saturated rings. The molecule has 2 N–H and O–H groups in total. The third-order valence-corrected chi connectivity index (χ3v) is 2.90. The molecular formula is C13H18N2O4. The monoisotopic (exact) mass is 266 g/mol. The molecule has 1 atom stereocenters. The van der Waals surface area contributed by atoms with E-state index in [0.29, 0.717) is 11.1 Å². The van der Waals surface area contributed by atoms with E-state index in [0.717, 1.165) is 0 Å². The molecule has 0 amide bonds. The number of nitrogens with one attached hydrogen (secondary N) is 1. The van der Waals surface area contributed by atoms with Crippen LogP contribution in [0.15, 0.2) is 18.2 Å². The van der Waals surface area contributed by atoms with E-state index < -0.39 is 16.9 Å². The SMILES string of the molecule is CC(NCc1ccc(C(C)C)c([N+](=O)[O-])c1)C(=O)O. The standard InChI is InChI=1S/C13H18N2O4/c1-8(2)11-5-4-10(6-12(11)15(18)19)7-14-9(3)13(16)17/h4-6,8-9,14H,7H2,1-3H3,(H,16,17). The minimum Gasteiger partial charge on any atom is -0.480 e. The Labute approximate surface area is 111 Å². The molecule has 0 radical (unpaired) electrons. The van der Waals surface area contributed by atoms with Crippen molar-refractivity contribution in [3.63, 3.8) is 0 Å². The van der Waals surface area contributed by atoms with Crippen LogP contribution in [0.2, 0.25) is 0 Å². The van der Waals surface area contributed by atoms with Gasteiger partial charge in [-0.3, -0.25) is 14.9 Å². The fourth-order valence-corrected chi connectivity index (χ4v) is 1.70. The summed E-state index contributed by atoms with van der Waals surface area (Å²) in [6.45, 7) is 5.60. The van der Waals surface area contributed by atoms with Gasteiger partial charge in [-0.1, -0.05) is 26.0 Å². The van der Waals surface area contributed by atoms with Crippen molar-refractivity contribution in [1.29, 1.82) is 0 Å². The number of hydrogen-bond acceptors (Lipinski definition) is 4. The zero-order valence-electron chi connectivity index (χ0n) is 11.2. The molecular weight excluding hydrogens is 248 g/mol. The van der Waals surface area contributed by atoms with E-state index in [1.165, 1.54) is 13.0 Å². The highest BCUT2D eigenvalue weighted by Gasteiger charge is 2.17. The Balaban J connectivity index is 2.90. The molecule has 0 bridgehead atoms. The van der Waals surface area contributed by atoms with Crippen molar-refractivity contribution < 1.29 is 14.8 Å². The van der Waals surface area contributed by atoms with Crippen LogP contribution in [0.4, 0.5) is 5.69 Å². The molecule has 0 heterocycles. The van der Waals surface area contributed by atoms with Gasteiger partial charge >= 0.3 is 5.97 Å². The molecule has 1 rings (SSSR count). The Kier molecular flexibility index (Phi) is 5.00. The van der Waals surface area contributed by atoms with Crippen molar-refractivity contribution in [2.45, 2.75) is 39.3 Å². The number of rotatable bonds is 6. The molecule has 1 aromatic rings. The maximum atomic E-state index is 11.0. The zero-order valence-corrected chi connectivity index (χ0v) is 11.2. The molecule has 0 aliphatic rings. The maximum Gasteiger partial charge on any atom is 0.320 e. The van der Waals surface area contributed by atoms with Crippen LogP contribution >= 0.6 is 0 Å². The second-order valence-electron chi connectivity index (χ2n) is 4.75. The molecule has 0 spiro atoms. The van der Waals surface area contributed by atoms with Crippen molar-refractivity contribution in [2.24, 2.45) is 0 Å². The number of aliphatic carboxylic acids is 1. The van der Waals surface area contributed by atoms with Gasteiger partial charge in [0.1, 0.15) is 6.04 Å². The summed E-state index contributed by atoms with van der Waals surface area (Å²) in [6.07, 6.45) is 0. The van der Waals surface area contributed by atoms with Crippen LogP contribution in [0.1, 0.15) is 37.8 Å². The summed E-state index contributed by atoms with van der Waals surface area (Å²) in [4.78, 5) is 21.3. The smallest absolute Gasteiger partial charge is 0.320 e. The summed E-state index contributed by atoms with van der Waals surface area (Å²) in [5, 5.41) is 22.6. The molecule has 19 heavy (non-hydrogen) atoms. The lowest BCUT2D eigenvalue weighted by Gasteiger charge is -2.11. The second-order valence-corrected chi connectivity index (χ2v) is 4.75. The normalized spacial score (nSPS) is 12.4. The van der Waals surface area contributed by atoms with Crippen molar-refractivity contribution >= 4 is 11.7 Å². The summed E-state index contributed by atoms with van der Waals surface area (Å²) in [5.41, 5.74) is 1.46. The Morgan fingerprint density at radius 3 is 2.53 bits per heavy atom. The zero-order chi connectivity index (χ0) is 14.6. The number of nitrogens with zero attached hydrogens (tertiary/aromatic N) is 1. The number of nitro benzene ring substituents is 1. The molecule has 1 unspecified atom stereocenters. The van der Waals surface area contributed by atoms with Gasteiger partial charge in [0, 0.05) is 18.2 Å². The summed E-state index contributed by atoms with van der Waals surface area (Å²) >= 11 is 0.